The lowest BCUT2D eigenvalue weighted by atomic mass is 10.0. The Balaban J connectivity index is 1.56. The Kier molecular flexibility index (Phi) is 7.17. The summed E-state index contributed by atoms with van der Waals surface area (Å²) >= 11 is 8.96. The number of hydrogen-bond donors (Lipinski definition) is 2. The Morgan fingerprint density at radius 1 is 1.12 bits per heavy atom. The Hall–Kier alpha value is -2.28. The van der Waals surface area contributed by atoms with Crippen molar-refractivity contribution in [3.05, 3.63) is 80.4 Å². The summed E-state index contributed by atoms with van der Waals surface area (Å²) in [5.41, 5.74) is 2.25. The van der Waals surface area contributed by atoms with E-state index in [0.717, 1.165) is 20.9 Å². The molecule has 1 atom stereocenters. The number of sulfonamides is 1. The standard InChI is InChI=1S/C22H18ClIN4O3S2/c1-13(14-5-7-15(23)8-6-14)12-25-22(29)17-10-9-16(24)11-19(17)28-33(30,31)20-4-2-3-18-21(20)27-32-26-18/h2-11,13,28H,12H2,1H3,(H,25,29). The molecule has 1 heterocycles. The SMILES string of the molecule is CC(CNC(=O)c1ccc(I)cc1NS(=O)(=O)c1cccc2nsnc12)c1ccc(Cl)cc1. The second-order valence-corrected chi connectivity index (χ2v) is 11.2. The molecule has 7 nitrogen and oxygen atoms in total. The molecule has 1 amide bonds. The molecule has 0 spiro atoms. The van der Waals surface area contributed by atoms with Gasteiger partial charge in [-0.1, -0.05) is 36.7 Å². The maximum absolute atomic E-state index is 13.2. The topological polar surface area (TPSA) is 101 Å². The Morgan fingerprint density at radius 3 is 2.64 bits per heavy atom. The average Bonchev–Trinajstić information content (AvgIpc) is 3.26. The molecule has 2 N–H and O–H groups in total. The fourth-order valence-corrected chi connectivity index (χ4v) is 5.70. The number of rotatable bonds is 7. The van der Waals surface area contributed by atoms with Crippen LogP contribution in [0.5, 0.6) is 0 Å². The van der Waals surface area contributed by atoms with Crippen LogP contribution in [0.2, 0.25) is 5.02 Å². The van der Waals surface area contributed by atoms with E-state index in [1.165, 1.54) is 6.07 Å². The van der Waals surface area contributed by atoms with Crippen molar-refractivity contribution in [3.63, 3.8) is 0 Å². The van der Waals surface area contributed by atoms with Crippen LogP contribution in [0, 0.1) is 3.57 Å². The summed E-state index contributed by atoms with van der Waals surface area (Å²) in [5.74, 6) is -0.330. The summed E-state index contributed by atoms with van der Waals surface area (Å²) < 4.78 is 37.9. The number of aromatic nitrogens is 2. The minimum atomic E-state index is -4.00. The number of benzene rings is 3. The van der Waals surface area contributed by atoms with Crippen LogP contribution in [0.4, 0.5) is 5.69 Å². The molecule has 0 bridgehead atoms. The maximum Gasteiger partial charge on any atom is 0.264 e. The number of nitrogens with one attached hydrogen (secondary N) is 2. The summed E-state index contributed by atoms with van der Waals surface area (Å²) in [5, 5.41) is 3.54. The number of nitrogens with zero attached hydrogens (tertiary/aromatic N) is 2. The molecule has 11 heteroatoms. The lowest BCUT2D eigenvalue weighted by Gasteiger charge is -2.16. The summed E-state index contributed by atoms with van der Waals surface area (Å²) in [6.45, 7) is 2.37. The number of carbonyl (C=O) groups excluding carboxylic acids is 1. The second kappa shape index (κ2) is 9.92. The van der Waals surface area contributed by atoms with Crippen molar-refractivity contribution >= 4 is 78.6 Å². The Morgan fingerprint density at radius 2 is 1.88 bits per heavy atom. The van der Waals surface area contributed by atoms with Crippen molar-refractivity contribution in [2.45, 2.75) is 17.7 Å². The number of amides is 1. The van der Waals surface area contributed by atoms with Gasteiger partial charge in [0, 0.05) is 15.1 Å². The van der Waals surface area contributed by atoms with Gasteiger partial charge in [-0.3, -0.25) is 9.52 Å². The van der Waals surface area contributed by atoms with Gasteiger partial charge in [-0.2, -0.15) is 8.75 Å². The highest BCUT2D eigenvalue weighted by Crippen LogP contribution is 2.27. The van der Waals surface area contributed by atoms with Gasteiger partial charge in [0.1, 0.15) is 15.9 Å². The molecular weight excluding hydrogens is 595 g/mol. The van der Waals surface area contributed by atoms with Crippen LogP contribution < -0.4 is 10.0 Å². The van der Waals surface area contributed by atoms with Gasteiger partial charge in [-0.05, 0) is 76.5 Å². The van der Waals surface area contributed by atoms with Gasteiger partial charge in [0.15, 0.2) is 0 Å². The molecule has 3 aromatic carbocycles. The number of fused-ring (bicyclic) bond motifs is 1. The van der Waals surface area contributed by atoms with Crippen molar-refractivity contribution < 1.29 is 13.2 Å². The lowest BCUT2D eigenvalue weighted by Crippen LogP contribution is -2.28. The van der Waals surface area contributed by atoms with Crippen molar-refractivity contribution in [1.82, 2.24) is 14.1 Å². The number of carbonyl (C=O) groups is 1. The predicted molar refractivity (Wildman–Crippen MR) is 140 cm³/mol. The van der Waals surface area contributed by atoms with Crippen LogP contribution in [0.15, 0.2) is 65.6 Å². The zero-order chi connectivity index (χ0) is 23.6. The van der Waals surface area contributed by atoms with Gasteiger partial charge in [-0.15, -0.1) is 0 Å². The molecule has 0 fully saturated rings. The molecule has 1 unspecified atom stereocenters. The zero-order valence-electron chi connectivity index (χ0n) is 17.2. The first kappa shape index (κ1) is 23.9. The summed E-state index contributed by atoms with van der Waals surface area (Å²) in [7, 11) is -4.00. The molecule has 0 saturated heterocycles. The Bertz CT molecular complexity index is 1430. The summed E-state index contributed by atoms with van der Waals surface area (Å²) in [6.07, 6.45) is 0. The molecule has 0 aliphatic heterocycles. The van der Waals surface area contributed by atoms with Crippen molar-refractivity contribution in [2.24, 2.45) is 0 Å². The van der Waals surface area contributed by atoms with Crippen molar-refractivity contribution in [1.29, 1.82) is 0 Å². The van der Waals surface area contributed by atoms with E-state index in [4.69, 9.17) is 11.6 Å². The van der Waals surface area contributed by atoms with E-state index < -0.39 is 10.0 Å². The van der Waals surface area contributed by atoms with E-state index in [-0.39, 0.29) is 28.0 Å². The van der Waals surface area contributed by atoms with E-state index in [2.05, 4.69) is 41.4 Å². The smallest absolute Gasteiger partial charge is 0.264 e. The van der Waals surface area contributed by atoms with Gasteiger partial charge in [0.25, 0.3) is 15.9 Å². The molecule has 33 heavy (non-hydrogen) atoms. The molecule has 0 saturated carbocycles. The van der Waals surface area contributed by atoms with Crippen LogP contribution >= 0.6 is 45.9 Å². The first-order valence-corrected chi connectivity index (χ1v) is 13.5. The van der Waals surface area contributed by atoms with Gasteiger partial charge >= 0.3 is 0 Å². The number of hydrogen-bond acceptors (Lipinski definition) is 6. The maximum atomic E-state index is 13.2. The monoisotopic (exact) mass is 612 g/mol. The molecule has 0 aliphatic carbocycles. The van der Waals surface area contributed by atoms with Crippen LogP contribution in [-0.4, -0.2) is 29.6 Å². The summed E-state index contributed by atoms with van der Waals surface area (Å²) in [6, 6.07) is 17.2. The summed E-state index contributed by atoms with van der Waals surface area (Å²) in [4.78, 5) is 13.0. The van der Waals surface area contributed by atoms with E-state index in [9.17, 15) is 13.2 Å². The zero-order valence-corrected chi connectivity index (χ0v) is 21.8. The molecular formula is C22H18ClIN4O3S2. The van der Waals surface area contributed by atoms with Crippen LogP contribution in [-0.2, 0) is 10.0 Å². The lowest BCUT2D eigenvalue weighted by molar-refractivity contribution is 0.0952. The van der Waals surface area contributed by atoms with E-state index in [1.807, 2.05) is 19.1 Å². The molecule has 0 aliphatic rings. The van der Waals surface area contributed by atoms with Gasteiger partial charge in [0.2, 0.25) is 0 Å². The fraction of sp³-hybridized carbons (Fsp3) is 0.136. The highest BCUT2D eigenvalue weighted by molar-refractivity contribution is 14.1. The third-order valence-electron chi connectivity index (χ3n) is 5.02. The third kappa shape index (κ3) is 5.45. The highest BCUT2D eigenvalue weighted by Gasteiger charge is 2.23. The first-order chi connectivity index (χ1) is 15.7. The van der Waals surface area contributed by atoms with E-state index in [1.54, 1.807) is 42.5 Å². The normalized spacial score (nSPS) is 12.5. The van der Waals surface area contributed by atoms with Gasteiger partial charge < -0.3 is 5.32 Å². The highest BCUT2D eigenvalue weighted by atomic mass is 127. The average molecular weight is 613 g/mol. The molecule has 4 aromatic rings. The van der Waals surface area contributed by atoms with Crippen molar-refractivity contribution in [3.8, 4) is 0 Å². The third-order valence-corrected chi connectivity index (χ3v) is 7.88. The first-order valence-electron chi connectivity index (χ1n) is 9.82. The number of halogens is 2. The van der Waals surface area contributed by atoms with E-state index in [0.29, 0.717) is 22.6 Å². The largest absolute Gasteiger partial charge is 0.351 e. The van der Waals surface area contributed by atoms with Crippen LogP contribution in [0.3, 0.4) is 0 Å². The number of anilines is 1. The fourth-order valence-electron chi connectivity index (χ4n) is 3.25. The van der Waals surface area contributed by atoms with Crippen LogP contribution in [0.25, 0.3) is 11.0 Å². The minimum Gasteiger partial charge on any atom is -0.351 e. The Labute approximate surface area is 214 Å². The molecule has 170 valence electrons. The van der Waals surface area contributed by atoms with Gasteiger partial charge in [0.05, 0.1) is 23.0 Å². The second-order valence-electron chi connectivity index (χ2n) is 7.35. The quantitative estimate of drug-likeness (QED) is 0.277. The minimum absolute atomic E-state index is 0.00956. The van der Waals surface area contributed by atoms with Crippen molar-refractivity contribution in [2.75, 3.05) is 11.3 Å². The molecule has 4 rings (SSSR count). The van der Waals surface area contributed by atoms with E-state index >= 15 is 0 Å². The van der Waals surface area contributed by atoms with Gasteiger partial charge in [-0.25, -0.2) is 8.42 Å². The molecule has 1 aromatic heterocycles. The molecule has 0 radical (unpaired) electrons. The van der Waals surface area contributed by atoms with Crippen LogP contribution in [0.1, 0.15) is 28.8 Å². The predicted octanol–water partition coefficient (Wildman–Crippen LogP) is 5.28.